The van der Waals surface area contributed by atoms with E-state index in [2.05, 4.69) is 4.98 Å². The molecule has 1 atom stereocenters. The summed E-state index contributed by atoms with van der Waals surface area (Å²) in [5.74, 6) is -0.852. The molecule has 6 heteroatoms. The molecule has 0 amide bonds. The number of nitrogens with zero attached hydrogens (tertiary/aromatic N) is 1. The van der Waals surface area contributed by atoms with Crippen molar-refractivity contribution in [2.45, 2.75) is 19.4 Å². The molecule has 1 heterocycles. The molecule has 2 N–H and O–H groups in total. The van der Waals surface area contributed by atoms with Crippen LogP contribution in [0.25, 0.3) is 11.3 Å². The summed E-state index contributed by atoms with van der Waals surface area (Å²) in [6, 6.07) is 11.7. The van der Waals surface area contributed by atoms with Gasteiger partial charge in [-0.1, -0.05) is 18.2 Å². The molecular formula is C18H20N2O4. The summed E-state index contributed by atoms with van der Waals surface area (Å²) in [6.07, 6.45) is 0.281. The molecule has 1 aromatic heterocycles. The molecule has 0 aliphatic carbocycles. The van der Waals surface area contributed by atoms with Gasteiger partial charge in [0.15, 0.2) is 0 Å². The first kappa shape index (κ1) is 17.6. The quantitative estimate of drug-likeness (QED) is 0.815. The van der Waals surface area contributed by atoms with Gasteiger partial charge < -0.3 is 15.2 Å². The number of pyridine rings is 1. The third-order valence-corrected chi connectivity index (χ3v) is 3.40. The van der Waals surface area contributed by atoms with Gasteiger partial charge in [0, 0.05) is 17.7 Å². The summed E-state index contributed by atoms with van der Waals surface area (Å²) >= 11 is 0. The maximum absolute atomic E-state index is 11.6. The fourth-order valence-corrected chi connectivity index (χ4v) is 2.24. The topological polar surface area (TPSA) is 91.5 Å². The first-order valence-corrected chi connectivity index (χ1v) is 7.62. The molecule has 6 nitrogen and oxygen atoms in total. The van der Waals surface area contributed by atoms with E-state index in [-0.39, 0.29) is 6.42 Å². The van der Waals surface area contributed by atoms with E-state index in [1.54, 1.807) is 31.2 Å². The third kappa shape index (κ3) is 4.39. The first-order valence-electron chi connectivity index (χ1n) is 7.62. The molecule has 2 rings (SSSR count). The summed E-state index contributed by atoms with van der Waals surface area (Å²) in [5, 5.41) is 0. The predicted octanol–water partition coefficient (Wildman–Crippen LogP) is 1.97. The second-order valence-electron chi connectivity index (χ2n) is 5.15. The molecule has 0 fully saturated rings. The van der Waals surface area contributed by atoms with Gasteiger partial charge >= 0.3 is 11.9 Å². The highest BCUT2D eigenvalue weighted by Crippen LogP contribution is 2.19. The Labute approximate surface area is 140 Å². The van der Waals surface area contributed by atoms with Gasteiger partial charge in [-0.25, -0.2) is 4.79 Å². The maximum atomic E-state index is 11.6. The Bertz CT molecular complexity index is 730. The number of benzene rings is 1. The fourth-order valence-electron chi connectivity index (χ4n) is 2.24. The van der Waals surface area contributed by atoms with Crippen LogP contribution in [0.15, 0.2) is 42.5 Å². The number of rotatable bonds is 6. The Kier molecular flexibility index (Phi) is 6.03. The number of hydrogen-bond donors (Lipinski definition) is 1. The van der Waals surface area contributed by atoms with Crippen molar-refractivity contribution >= 4 is 11.9 Å². The normalized spacial score (nSPS) is 11.6. The Balaban J connectivity index is 2.21. The summed E-state index contributed by atoms with van der Waals surface area (Å²) < 4.78 is 9.63. The number of ether oxygens (including phenoxy) is 2. The molecule has 126 valence electrons. The lowest BCUT2D eigenvalue weighted by Crippen LogP contribution is -2.34. The van der Waals surface area contributed by atoms with Gasteiger partial charge in [0.2, 0.25) is 0 Å². The summed E-state index contributed by atoms with van der Waals surface area (Å²) in [7, 11) is 1.34. The van der Waals surface area contributed by atoms with Crippen LogP contribution in [-0.2, 0) is 20.7 Å². The number of methoxy groups -OCH3 is 1. The van der Waals surface area contributed by atoms with Gasteiger partial charge in [0.25, 0.3) is 0 Å². The molecular weight excluding hydrogens is 308 g/mol. The molecule has 2 aromatic rings. The lowest BCUT2D eigenvalue weighted by atomic mass is 10.1. The van der Waals surface area contributed by atoms with E-state index < -0.39 is 18.0 Å². The van der Waals surface area contributed by atoms with E-state index >= 15 is 0 Å². The highest BCUT2D eigenvalue weighted by molar-refractivity contribution is 5.90. The minimum atomic E-state index is -0.755. The van der Waals surface area contributed by atoms with Crippen molar-refractivity contribution in [2.24, 2.45) is 5.73 Å². The zero-order valence-electron chi connectivity index (χ0n) is 13.7. The van der Waals surface area contributed by atoms with Gasteiger partial charge in [-0.2, -0.15) is 0 Å². The zero-order valence-corrected chi connectivity index (χ0v) is 13.7. The van der Waals surface area contributed by atoms with E-state index in [0.29, 0.717) is 23.6 Å². The third-order valence-electron chi connectivity index (χ3n) is 3.40. The molecule has 0 saturated heterocycles. The van der Waals surface area contributed by atoms with Crippen LogP contribution in [0, 0.1) is 0 Å². The van der Waals surface area contributed by atoms with Crippen LogP contribution < -0.4 is 5.73 Å². The van der Waals surface area contributed by atoms with Gasteiger partial charge in [-0.15, -0.1) is 0 Å². The second-order valence-corrected chi connectivity index (χ2v) is 5.15. The van der Waals surface area contributed by atoms with Gasteiger partial charge in [0.05, 0.1) is 25.0 Å². The predicted molar refractivity (Wildman–Crippen MR) is 89.3 cm³/mol. The van der Waals surface area contributed by atoms with Gasteiger partial charge in [0.1, 0.15) is 6.04 Å². The number of carbonyl (C=O) groups excluding carboxylic acids is 2. The lowest BCUT2D eigenvalue weighted by molar-refractivity contribution is -0.144. The SMILES string of the molecule is CCOC(=O)C(N)Cc1cccc(-c2cccc(C(=O)OC)c2)n1. The van der Waals surface area contributed by atoms with E-state index in [4.69, 9.17) is 15.2 Å². The standard InChI is InChI=1S/C18H20N2O4/c1-3-24-18(22)15(19)11-14-8-5-9-16(20-14)12-6-4-7-13(10-12)17(21)23-2/h4-10,15H,3,11,19H2,1-2H3. The molecule has 0 bridgehead atoms. The van der Waals surface area contributed by atoms with Crippen LogP contribution in [0.2, 0.25) is 0 Å². The maximum Gasteiger partial charge on any atom is 0.337 e. The van der Waals surface area contributed by atoms with Crippen molar-refractivity contribution < 1.29 is 19.1 Å². The molecule has 0 radical (unpaired) electrons. The van der Waals surface area contributed by atoms with Crippen molar-refractivity contribution in [1.29, 1.82) is 0 Å². The van der Waals surface area contributed by atoms with Gasteiger partial charge in [-0.3, -0.25) is 9.78 Å². The minimum absolute atomic E-state index is 0.281. The summed E-state index contributed by atoms with van der Waals surface area (Å²) in [5.41, 5.74) is 8.43. The van der Waals surface area contributed by atoms with E-state index in [9.17, 15) is 9.59 Å². The van der Waals surface area contributed by atoms with Crippen molar-refractivity contribution in [2.75, 3.05) is 13.7 Å². The number of aromatic nitrogens is 1. The van der Waals surface area contributed by atoms with Crippen molar-refractivity contribution in [1.82, 2.24) is 4.98 Å². The van der Waals surface area contributed by atoms with Crippen molar-refractivity contribution in [3.63, 3.8) is 0 Å². The van der Waals surface area contributed by atoms with E-state index in [1.807, 2.05) is 18.2 Å². The average Bonchev–Trinajstić information content (AvgIpc) is 2.61. The smallest absolute Gasteiger partial charge is 0.337 e. The summed E-state index contributed by atoms with van der Waals surface area (Å²) in [6.45, 7) is 2.03. The van der Waals surface area contributed by atoms with E-state index in [0.717, 1.165) is 5.56 Å². The molecule has 0 saturated carbocycles. The Morgan fingerprint density at radius 1 is 1.21 bits per heavy atom. The van der Waals surface area contributed by atoms with Gasteiger partial charge in [-0.05, 0) is 31.2 Å². The van der Waals surface area contributed by atoms with Crippen molar-refractivity contribution in [3.05, 3.63) is 53.7 Å². The highest BCUT2D eigenvalue weighted by atomic mass is 16.5. The largest absolute Gasteiger partial charge is 0.465 e. The number of nitrogens with two attached hydrogens (primary N) is 1. The van der Waals surface area contributed by atoms with Crippen LogP contribution in [-0.4, -0.2) is 36.7 Å². The Morgan fingerprint density at radius 3 is 2.67 bits per heavy atom. The molecule has 0 spiro atoms. The minimum Gasteiger partial charge on any atom is -0.465 e. The second kappa shape index (κ2) is 8.21. The molecule has 0 aliphatic rings. The number of carbonyl (C=O) groups is 2. The monoisotopic (exact) mass is 328 g/mol. The molecule has 24 heavy (non-hydrogen) atoms. The average molecular weight is 328 g/mol. The molecule has 1 aromatic carbocycles. The van der Waals surface area contributed by atoms with Crippen molar-refractivity contribution in [3.8, 4) is 11.3 Å². The molecule has 0 aliphatic heterocycles. The Morgan fingerprint density at radius 2 is 1.96 bits per heavy atom. The number of hydrogen-bond acceptors (Lipinski definition) is 6. The molecule has 1 unspecified atom stereocenters. The van der Waals surface area contributed by atoms with Crippen LogP contribution in [0.3, 0.4) is 0 Å². The zero-order chi connectivity index (χ0) is 17.5. The lowest BCUT2D eigenvalue weighted by Gasteiger charge is -2.11. The first-order chi connectivity index (χ1) is 11.5. The van der Waals surface area contributed by atoms with Crippen LogP contribution >= 0.6 is 0 Å². The van der Waals surface area contributed by atoms with Crippen LogP contribution in [0.1, 0.15) is 23.0 Å². The van der Waals surface area contributed by atoms with Crippen LogP contribution in [0.5, 0.6) is 0 Å². The fraction of sp³-hybridized carbons (Fsp3) is 0.278. The summed E-state index contributed by atoms with van der Waals surface area (Å²) in [4.78, 5) is 27.8. The van der Waals surface area contributed by atoms with E-state index in [1.165, 1.54) is 7.11 Å². The van der Waals surface area contributed by atoms with Crippen LogP contribution in [0.4, 0.5) is 0 Å². The number of esters is 2. The Hall–Kier alpha value is -2.73. The highest BCUT2D eigenvalue weighted by Gasteiger charge is 2.16.